The van der Waals surface area contributed by atoms with Crippen LogP contribution >= 0.6 is 0 Å². The van der Waals surface area contributed by atoms with Crippen LogP contribution in [0.15, 0.2) is 18.2 Å². The summed E-state index contributed by atoms with van der Waals surface area (Å²) in [7, 11) is 0. The van der Waals surface area contributed by atoms with Gasteiger partial charge in [-0.2, -0.15) is 0 Å². The number of carboxylic acid groups (broad SMARTS) is 2. The molecule has 0 heterocycles. The molecule has 96 valence electrons. The van der Waals surface area contributed by atoms with Crippen LogP contribution in [0, 0.1) is 0 Å². The fourth-order valence-electron chi connectivity index (χ4n) is 1.22. The fourth-order valence-corrected chi connectivity index (χ4v) is 1.22. The lowest BCUT2D eigenvalue weighted by molar-refractivity contribution is 0.0681. The predicted octanol–water partition coefficient (Wildman–Crippen LogP) is -0.654. The number of carboxylic acids is 2. The van der Waals surface area contributed by atoms with Crippen molar-refractivity contribution < 1.29 is 24.6 Å². The summed E-state index contributed by atoms with van der Waals surface area (Å²) in [5, 5.41) is 18.1. The third-order valence-corrected chi connectivity index (χ3v) is 2.08. The number of hydrogen-bond acceptors (Lipinski definition) is 5. The van der Waals surface area contributed by atoms with Crippen molar-refractivity contribution in [3.63, 3.8) is 0 Å². The van der Waals surface area contributed by atoms with E-state index in [1.165, 1.54) is 0 Å². The number of hydrogen-bond donors (Lipinski definition) is 5. The van der Waals surface area contributed by atoms with Gasteiger partial charge >= 0.3 is 18.0 Å². The fraction of sp³-hybridized carbons (Fsp3) is 0. The van der Waals surface area contributed by atoms with Gasteiger partial charge in [0.1, 0.15) is 0 Å². The molecule has 0 bridgehead atoms. The molecule has 0 saturated heterocycles. The molecule has 0 aliphatic heterocycles. The Hall–Kier alpha value is -2.65. The molecule has 9 heteroatoms. The molecule has 0 aliphatic rings. The van der Waals surface area contributed by atoms with Gasteiger partial charge in [0.15, 0.2) is 0 Å². The zero-order valence-electron chi connectivity index (χ0n) is 8.95. The number of aromatic carboxylic acids is 2. The highest BCUT2D eigenvalue weighted by Crippen LogP contribution is 2.20. The van der Waals surface area contributed by atoms with Crippen LogP contribution < -0.4 is 22.1 Å². The molecule has 1 rings (SSSR count). The van der Waals surface area contributed by atoms with E-state index >= 15 is 0 Å². The highest BCUT2D eigenvalue weighted by Gasteiger charge is 2.20. The van der Waals surface area contributed by atoms with E-state index in [0.29, 0.717) is 5.01 Å². The summed E-state index contributed by atoms with van der Waals surface area (Å²) in [5.41, 5.74) is 0.873. The predicted molar refractivity (Wildman–Crippen MR) is 59.7 cm³/mol. The zero-order chi connectivity index (χ0) is 13.9. The van der Waals surface area contributed by atoms with Crippen molar-refractivity contribution in [3.05, 3.63) is 29.3 Å². The molecule has 0 radical (unpaired) electrons. The zero-order valence-corrected chi connectivity index (χ0v) is 8.95. The lowest BCUT2D eigenvalue weighted by Gasteiger charge is -2.18. The van der Waals surface area contributed by atoms with Crippen LogP contribution in [0.2, 0.25) is 0 Å². The number of carbonyl (C=O) groups excluding carboxylic acids is 1. The van der Waals surface area contributed by atoms with Crippen LogP contribution in [0.1, 0.15) is 20.7 Å². The van der Waals surface area contributed by atoms with Crippen LogP contribution in [-0.4, -0.2) is 28.2 Å². The number of nitrogens with two attached hydrogens (primary N) is 2. The van der Waals surface area contributed by atoms with E-state index in [2.05, 4.69) is 0 Å². The first-order valence-corrected chi connectivity index (χ1v) is 4.54. The second-order valence-electron chi connectivity index (χ2n) is 3.16. The Bertz CT molecular complexity index is 516. The Morgan fingerprint density at radius 2 is 1.78 bits per heavy atom. The molecule has 0 unspecified atom stereocenters. The third kappa shape index (κ3) is 2.53. The molecule has 0 spiro atoms. The van der Waals surface area contributed by atoms with Crippen molar-refractivity contribution in [2.75, 3.05) is 5.01 Å². The van der Waals surface area contributed by atoms with E-state index in [0.717, 1.165) is 18.2 Å². The molecule has 2 amide bonds. The molecular formula is C9H10N4O5. The minimum absolute atomic E-state index is 0.213. The van der Waals surface area contributed by atoms with Crippen LogP contribution in [0.3, 0.4) is 0 Å². The summed E-state index contributed by atoms with van der Waals surface area (Å²) in [6.07, 6.45) is 0. The van der Waals surface area contributed by atoms with Gasteiger partial charge in [-0.25, -0.2) is 31.1 Å². The molecule has 1 aromatic carbocycles. The lowest BCUT2D eigenvalue weighted by atomic mass is 10.1. The molecule has 0 atom stereocenters. The van der Waals surface area contributed by atoms with Crippen molar-refractivity contribution in [3.8, 4) is 0 Å². The Morgan fingerprint density at radius 3 is 2.22 bits per heavy atom. The van der Waals surface area contributed by atoms with Crippen LogP contribution in [-0.2, 0) is 0 Å². The minimum Gasteiger partial charge on any atom is -0.478 e. The number of carbonyl (C=O) groups is 3. The summed E-state index contributed by atoms with van der Waals surface area (Å²) >= 11 is 0. The van der Waals surface area contributed by atoms with Gasteiger partial charge in [-0.1, -0.05) is 0 Å². The van der Waals surface area contributed by atoms with Gasteiger partial charge < -0.3 is 10.2 Å². The van der Waals surface area contributed by atoms with E-state index in [9.17, 15) is 14.4 Å². The Kier molecular flexibility index (Phi) is 3.82. The normalized spacial score (nSPS) is 9.67. The molecule has 0 aromatic heterocycles. The highest BCUT2D eigenvalue weighted by molar-refractivity contribution is 6.02. The Labute approximate surface area is 101 Å². The van der Waals surface area contributed by atoms with E-state index < -0.39 is 18.0 Å². The highest BCUT2D eigenvalue weighted by atomic mass is 16.4. The molecule has 0 aliphatic carbocycles. The topological polar surface area (TPSA) is 159 Å². The lowest BCUT2D eigenvalue weighted by Crippen LogP contribution is -2.48. The SMILES string of the molecule is NNC(=O)N(N)c1cc(C(=O)O)ccc1C(=O)O. The summed E-state index contributed by atoms with van der Waals surface area (Å²) in [5.74, 6) is 7.55. The van der Waals surface area contributed by atoms with E-state index in [4.69, 9.17) is 21.9 Å². The average Bonchev–Trinajstić information content (AvgIpc) is 2.35. The second-order valence-corrected chi connectivity index (χ2v) is 3.16. The number of benzene rings is 1. The molecule has 18 heavy (non-hydrogen) atoms. The van der Waals surface area contributed by atoms with Crippen molar-refractivity contribution >= 4 is 23.7 Å². The number of rotatable bonds is 3. The number of anilines is 1. The van der Waals surface area contributed by atoms with Gasteiger partial charge in [0, 0.05) is 0 Å². The summed E-state index contributed by atoms with van der Waals surface area (Å²) in [6.45, 7) is 0. The summed E-state index contributed by atoms with van der Waals surface area (Å²) < 4.78 is 0. The Morgan fingerprint density at radius 1 is 1.17 bits per heavy atom. The van der Waals surface area contributed by atoms with Gasteiger partial charge in [0.05, 0.1) is 16.8 Å². The molecule has 0 saturated carbocycles. The van der Waals surface area contributed by atoms with Crippen molar-refractivity contribution in [2.45, 2.75) is 0 Å². The first-order chi connectivity index (χ1) is 8.38. The van der Waals surface area contributed by atoms with Crippen LogP contribution in [0.4, 0.5) is 10.5 Å². The van der Waals surface area contributed by atoms with Gasteiger partial charge in [-0.3, -0.25) is 5.43 Å². The monoisotopic (exact) mass is 254 g/mol. The quantitative estimate of drug-likeness (QED) is 0.272. The molecular weight excluding hydrogens is 244 g/mol. The maximum absolute atomic E-state index is 11.2. The van der Waals surface area contributed by atoms with Gasteiger partial charge in [-0.15, -0.1) is 0 Å². The van der Waals surface area contributed by atoms with E-state index in [-0.39, 0.29) is 16.8 Å². The maximum atomic E-state index is 11.2. The Balaban J connectivity index is 3.36. The van der Waals surface area contributed by atoms with Gasteiger partial charge in [0.2, 0.25) is 0 Å². The number of amides is 2. The standard InChI is InChI=1S/C9H10N4O5/c10-12-9(18)13(11)6-3-4(7(14)15)1-2-5(6)8(16)17/h1-3H,10-11H2,(H,12,18)(H,14,15)(H,16,17). The average molecular weight is 254 g/mol. The van der Waals surface area contributed by atoms with Crippen molar-refractivity contribution in [1.29, 1.82) is 0 Å². The summed E-state index contributed by atoms with van der Waals surface area (Å²) in [4.78, 5) is 32.9. The number of hydrazine groups is 2. The minimum atomic E-state index is -1.36. The first-order valence-electron chi connectivity index (χ1n) is 4.54. The smallest absolute Gasteiger partial charge is 0.350 e. The third-order valence-electron chi connectivity index (χ3n) is 2.08. The second kappa shape index (κ2) is 5.12. The molecule has 9 nitrogen and oxygen atoms in total. The van der Waals surface area contributed by atoms with Gasteiger partial charge in [0.25, 0.3) is 0 Å². The number of urea groups is 1. The van der Waals surface area contributed by atoms with Crippen LogP contribution in [0.25, 0.3) is 0 Å². The molecule has 0 fully saturated rings. The number of nitrogens with one attached hydrogen (secondary N) is 1. The molecule has 7 N–H and O–H groups in total. The van der Waals surface area contributed by atoms with Gasteiger partial charge in [-0.05, 0) is 18.2 Å². The summed E-state index contributed by atoms with van der Waals surface area (Å²) in [6, 6.07) is 2.09. The maximum Gasteiger partial charge on any atom is 0.350 e. The van der Waals surface area contributed by atoms with E-state index in [1.807, 2.05) is 0 Å². The van der Waals surface area contributed by atoms with Crippen molar-refractivity contribution in [2.24, 2.45) is 11.7 Å². The first kappa shape index (κ1) is 13.4. The van der Waals surface area contributed by atoms with Crippen molar-refractivity contribution in [1.82, 2.24) is 5.43 Å². The largest absolute Gasteiger partial charge is 0.478 e. The van der Waals surface area contributed by atoms with Crippen LogP contribution in [0.5, 0.6) is 0 Å². The van der Waals surface area contributed by atoms with E-state index in [1.54, 1.807) is 5.43 Å². The molecule has 1 aromatic rings. The number of nitrogens with zero attached hydrogens (tertiary/aromatic N) is 1.